The first-order valence-electron chi connectivity index (χ1n) is 12.9. The van der Waals surface area contributed by atoms with Crippen molar-refractivity contribution >= 4 is 5.97 Å². The van der Waals surface area contributed by atoms with Crippen LogP contribution in [0.3, 0.4) is 0 Å². The lowest BCUT2D eigenvalue weighted by Gasteiger charge is -2.25. The minimum atomic E-state index is -0.786. The van der Waals surface area contributed by atoms with Gasteiger partial charge >= 0.3 is 5.97 Å². The third-order valence-corrected chi connectivity index (χ3v) is 6.53. The number of hydrogen-bond acceptors (Lipinski definition) is 4. The lowest BCUT2D eigenvalue weighted by atomic mass is 9.88. The standard InChI is InChI=1S/C27H48O4/c1-3-4-5-15-21-27(30,23-20-24-17-13-14-18-25(24)28)22-16-11-9-7-6-8-10-12-19-26(29)31-2/h23,25,28,30H,3-19,21-22H2,1-2H3/t20?,25-,27?/m0/s1. The lowest BCUT2D eigenvalue weighted by molar-refractivity contribution is -0.140. The van der Waals surface area contributed by atoms with E-state index in [1.807, 2.05) is 6.08 Å². The number of carbonyl (C=O) groups excluding carboxylic acids is 1. The first-order valence-corrected chi connectivity index (χ1v) is 12.9. The summed E-state index contributed by atoms with van der Waals surface area (Å²) >= 11 is 0. The van der Waals surface area contributed by atoms with Gasteiger partial charge in [0.25, 0.3) is 0 Å². The molecule has 1 unspecified atom stereocenters. The minimum absolute atomic E-state index is 0.107. The maximum atomic E-state index is 11.2. The molecule has 0 spiro atoms. The Kier molecular flexibility index (Phi) is 15.7. The molecule has 0 aromatic carbocycles. The predicted molar refractivity (Wildman–Crippen MR) is 128 cm³/mol. The highest BCUT2D eigenvalue weighted by Gasteiger charge is 2.23. The monoisotopic (exact) mass is 436 g/mol. The topological polar surface area (TPSA) is 66.8 Å². The van der Waals surface area contributed by atoms with Gasteiger partial charge in [-0.2, -0.15) is 0 Å². The molecule has 1 aliphatic rings. The van der Waals surface area contributed by atoms with Gasteiger partial charge in [-0.3, -0.25) is 4.79 Å². The number of methoxy groups -OCH3 is 1. The molecule has 2 atom stereocenters. The molecule has 1 rings (SSSR count). The van der Waals surface area contributed by atoms with Crippen molar-refractivity contribution in [3.63, 3.8) is 0 Å². The SMILES string of the molecule is CCCCCCC(O)(C=C=C1CCCC[C@@H]1O)CCCCCCCCCCC(=O)OC. The largest absolute Gasteiger partial charge is 0.469 e. The molecule has 4 nitrogen and oxygen atoms in total. The van der Waals surface area contributed by atoms with Gasteiger partial charge in [0.1, 0.15) is 0 Å². The molecule has 1 fully saturated rings. The van der Waals surface area contributed by atoms with Crippen molar-refractivity contribution in [3.05, 3.63) is 17.4 Å². The van der Waals surface area contributed by atoms with E-state index in [0.29, 0.717) is 6.42 Å². The summed E-state index contributed by atoms with van der Waals surface area (Å²) < 4.78 is 4.66. The minimum Gasteiger partial charge on any atom is -0.469 e. The van der Waals surface area contributed by atoms with Crippen molar-refractivity contribution in [2.24, 2.45) is 0 Å². The summed E-state index contributed by atoms with van der Waals surface area (Å²) in [6, 6.07) is 0. The third kappa shape index (κ3) is 13.8. The Labute approximate surface area is 191 Å². The van der Waals surface area contributed by atoms with E-state index in [0.717, 1.165) is 76.2 Å². The van der Waals surface area contributed by atoms with E-state index in [4.69, 9.17) is 0 Å². The molecule has 0 aromatic heterocycles. The summed E-state index contributed by atoms with van der Waals surface area (Å²) in [4.78, 5) is 11.1. The molecule has 2 N–H and O–H groups in total. The molecular formula is C27H48O4. The lowest BCUT2D eigenvalue weighted by Crippen LogP contribution is -2.25. The molecule has 1 saturated carbocycles. The van der Waals surface area contributed by atoms with Crippen LogP contribution in [0.1, 0.15) is 129 Å². The maximum Gasteiger partial charge on any atom is 0.305 e. The van der Waals surface area contributed by atoms with E-state index in [-0.39, 0.29) is 12.1 Å². The van der Waals surface area contributed by atoms with Crippen LogP contribution in [-0.2, 0) is 9.53 Å². The molecule has 1 aliphatic carbocycles. The zero-order valence-electron chi connectivity index (χ0n) is 20.3. The van der Waals surface area contributed by atoms with Crippen molar-refractivity contribution in [2.75, 3.05) is 7.11 Å². The average Bonchev–Trinajstić information content (AvgIpc) is 2.77. The molecule has 180 valence electrons. The highest BCUT2D eigenvalue weighted by Crippen LogP contribution is 2.27. The number of ether oxygens (including phenoxy) is 1. The summed E-state index contributed by atoms with van der Waals surface area (Å²) in [5, 5.41) is 21.4. The quantitative estimate of drug-likeness (QED) is 0.150. The van der Waals surface area contributed by atoms with E-state index in [2.05, 4.69) is 17.4 Å². The fraction of sp³-hybridized carbons (Fsp3) is 0.852. The zero-order chi connectivity index (χ0) is 22.8. The molecule has 0 aromatic rings. The smallest absolute Gasteiger partial charge is 0.305 e. The van der Waals surface area contributed by atoms with Crippen molar-refractivity contribution < 1.29 is 19.7 Å². The Morgan fingerprint density at radius 1 is 1.00 bits per heavy atom. The molecule has 0 saturated heterocycles. The first kappa shape index (κ1) is 27.9. The van der Waals surface area contributed by atoms with Crippen LogP contribution in [0.15, 0.2) is 17.4 Å². The van der Waals surface area contributed by atoms with Crippen LogP contribution in [0.5, 0.6) is 0 Å². The van der Waals surface area contributed by atoms with Gasteiger partial charge in [-0.05, 0) is 50.2 Å². The molecule has 0 bridgehead atoms. The Bertz CT molecular complexity index is 535. The van der Waals surface area contributed by atoms with E-state index in [1.165, 1.54) is 52.1 Å². The van der Waals surface area contributed by atoms with Crippen LogP contribution >= 0.6 is 0 Å². The van der Waals surface area contributed by atoms with Gasteiger partial charge in [-0.15, -0.1) is 5.73 Å². The van der Waals surface area contributed by atoms with Crippen LogP contribution in [-0.4, -0.2) is 35.0 Å². The fourth-order valence-electron chi connectivity index (χ4n) is 4.38. The van der Waals surface area contributed by atoms with Crippen molar-refractivity contribution in [1.29, 1.82) is 0 Å². The predicted octanol–water partition coefficient (Wildman–Crippen LogP) is 6.78. The number of carbonyl (C=O) groups is 1. The van der Waals surface area contributed by atoms with E-state index >= 15 is 0 Å². The molecule has 4 heteroatoms. The van der Waals surface area contributed by atoms with Crippen LogP contribution in [0.2, 0.25) is 0 Å². The third-order valence-electron chi connectivity index (χ3n) is 6.53. The van der Waals surface area contributed by atoms with E-state index < -0.39 is 5.60 Å². The van der Waals surface area contributed by atoms with Gasteiger partial charge in [0, 0.05) is 6.42 Å². The summed E-state index contributed by atoms with van der Waals surface area (Å²) in [5.74, 6) is -0.107. The number of unbranched alkanes of at least 4 members (excludes halogenated alkanes) is 10. The van der Waals surface area contributed by atoms with Gasteiger partial charge in [-0.1, -0.05) is 84.0 Å². The molecule has 0 heterocycles. The zero-order valence-corrected chi connectivity index (χ0v) is 20.3. The summed E-state index contributed by atoms with van der Waals surface area (Å²) in [5.41, 5.74) is 3.50. The van der Waals surface area contributed by atoms with Gasteiger partial charge < -0.3 is 14.9 Å². The second-order valence-corrected chi connectivity index (χ2v) is 9.39. The fourth-order valence-corrected chi connectivity index (χ4v) is 4.38. The van der Waals surface area contributed by atoms with Crippen molar-refractivity contribution in [3.8, 4) is 0 Å². The highest BCUT2D eigenvalue weighted by molar-refractivity contribution is 5.68. The van der Waals surface area contributed by atoms with Gasteiger partial charge in [0.15, 0.2) is 0 Å². The van der Waals surface area contributed by atoms with Crippen LogP contribution in [0.4, 0.5) is 0 Å². The highest BCUT2D eigenvalue weighted by atomic mass is 16.5. The number of aliphatic hydroxyl groups is 2. The van der Waals surface area contributed by atoms with Crippen molar-refractivity contribution in [2.45, 2.75) is 141 Å². The molecule has 0 aliphatic heterocycles. The van der Waals surface area contributed by atoms with Gasteiger partial charge in [0.05, 0.1) is 18.8 Å². The van der Waals surface area contributed by atoms with Crippen LogP contribution in [0.25, 0.3) is 0 Å². The Morgan fingerprint density at radius 3 is 2.16 bits per heavy atom. The summed E-state index contributed by atoms with van der Waals surface area (Å²) in [7, 11) is 1.45. The van der Waals surface area contributed by atoms with Crippen molar-refractivity contribution in [1.82, 2.24) is 0 Å². The van der Waals surface area contributed by atoms with E-state index in [9.17, 15) is 15.0 Å². The number of aliphatic hydroxyl groups excluding tert-OH is 1. The molecular weight excluding hydrogens is 388 g/mol. The van der Waals surface area contributed by atoms with E-state index in [1.54, 1.807) is 0 Å². The Balaban J connectivity index is 2.34. The average molecular weight is 437 g/mol. The Hall–Kier alpha value is -1.09. The van der Waals surface area contributed by atoms with Gasteiger partial charge in [0.2, 0.25) is 0 Å². The number of hydrogen-bond donors (Lipinski definition) is 2. The molecule has 0 radical (unpaired) electrons. The Morgan fingerprint density at radius 2 is 1.58 bits per heavy atom. The van der Waals surface area contributed by atoms with Gasteiger partial charge in [-0.25, -0.2) is 0 Å². The number of esters is 1. The maximum absolute atomic E-state index is 11.2. The van der Waals surface area contributed by atoms with Crippen LogP contribution in [0, 0.1) is 0 Å². The molecule has 31 heavy (non-hydrogen) atoms. The summed E-state index contributed by atoms with van der Waals surface area (Å²) in [6.45, 7) is 2.21. The normalized spacial score (nSPS) is 18.3. The first-order chi connectivity index (χ1) is 15.0. The second kappa shape index (κ2) is 17.5. The summed E-state index contributed by atoms with van der Waals surface area (Å²) in [6.07, 6.45) is 21.2. The van der Waals surface area contributed by atoms with Crippen LogP contribution < -0.4 is 0 Å². The number of rotatable bonds is 17. The second-order valence-electron chi connectivity index (χ2n) is 9.39. The molecule has 0 amide bonds.